The van der Waals surface area contributed by atoms with Gasteiger partial charge in [0.05, 0.1) is 11.9 Å². The molecular formula is C16H22N4O2. The molecule has 1 heterocycles. The van der Waals surface area contributed by atoms with Crippen LogP contribution < -0.4 is 5.32 Å². The number of aromatic amines is 1. The number of nitrogens with one attached hydrogen (secondary N) is 3. The van der Waals surface area contributed by atoms with Crippen LogP contribution in [0.1, 0.15) is 56.3 Å². The fraction of sp³-hybridized carbons (Fsp3) is 0.500. The number of amides is 2. The smallest absolute Gasteiger partial charge is 0.293 e. The van der Waals surface area contributed by atoms with Crippen LogP contribution in [0.2, 0.25) is 0 Å². The van der Waals surface area contributed by atoms with Crippen molar-refractivity contribution >= 4 is 23.1 Å². The first kappa shape index (κ1) is 16.1. The molecule has 0 atom stereocenters. The minimum atomic E-state index is -0.505. The van der Waals surface area contributed by atoms with Gasteiger partial charge in [-0.3, -0.25) is 14.9 Å². The zero-order chi connectivity index (χ0) is 16.3. The Hall–Kier alpha value is -2.24. The summed E-state index contributed by atoms with van der Waals surface area (Å²) in [6, 6.07) is 0. The Morgan fingerprint density at radius 3 is 2.68 bits per heavy atom. The molecule has 1 aromatic rings. The van der Waals surface area contributed by atoms with Crippen molar-refractivity contribution in [2.24, 2.45) is 11.8 Å². The predicted molar refractivity (Wildman–Crippen MR) is 84.6 cm³/mol. The first-order valence-corrected chi connectivity index (χ1v) is 7.55. The number of H-pyrrole nitrogens is 1. The van der Waals surface area contributed by atoms with Crippen molar-refractivity contribution in [3.63, 3.8) is 0 Å². The van der Waals surface area contributed by atoms with Gasteiger partial charge in [0.15, 0.2) is 5.82 Å². The van der Waals surface area contributed by atoms with Gasteiger partial charge in [0, 0.05) is 11.6 Å². The van der Waals surface area contributed by atoms with Crippen LogP contribution in [0.15, 0.2) is 12.3 Å². The molecule has 118 valence electrons. The highest BCUT2D eigenvalue weighted by molar-refractivity contribution is 6.04. The number of nitrogens with zero attached hydrogens (tertiary/aromatic N) is 1. The SMILES string of the molecule is C/C(=C/C(=N)C(C)C)c1cnc(C(=O)NC(=O)C2CCC2)[nH]1. The number of imide groups is 1. The molecule has 6 nitrogen and oxygen atoms in total. The second-order valence-electron chi connectivity index (χ2n) is 6.03. The van der Waals surface area contributed by atoms with E-state index in [0.717, 1.165) is 24.8 Å². The summed E-state index contributed by atoms with van der Waals surface area (Å²) in [5, 5.41) is 10.2. The lowest BCUT2D eigenvalue weighted by molar-refractivity contribution is -0.126. The van der Waals surface area contributed by atoms with Crippen LogP contribution in [0, 0.1) is 17.2 Å². The van der Waals surface area contributed by atoms with Crippen LogP contribution in [0.5, 0.6) is 0 Å². The van der Waals surface area contributed by atoms with E-state index >= 15 is 0 Å². The number of hydrogen-bond acceptors (Lipinski definition) is 4. The molecular weight excluding hydrogens is 280 g/mol. The largest absolute Gasteiger partial charge is 0.334 e. The molecule has 0 aromatic carbocycles. The first-order chi connectivity index (χ1) is 10.4. The zero-order valence-corrected chi connectivity index (χ0v) is 13.2. The molecule has 22 heavy (non-hydrogen) atoms. The van der Waals surface area contributed by atoms with Gasteiger partial charge in [0.1, 0.15) is 0 Å². The summed E-state index contributed by atoms with van der Waals surface area (Å²) in [4.78, 5) is 30.6. The number of allylic oxidation sites excluding steroid dienone is 2. The maximum absolute atomic E-state index is 12.0. The number of carbonyl (C=O) groups is 2. The van der Waals surface area contributed by atoms with Gasteiger partial charge in [-0.15, -0.1) is 0 Å². The summed E-state index contributed by atoms with van der Waals surface area (Å²) in [6.07, 6.45) is 6.04. The summed E-state index contributed by atoms with van der Waals surface area (Å²) in [6.45, 7) is 5.75. The highest BCUT2D eigenvalue weighted by Crippen LogP contribution is 2.26. The van der Waals surface area contributed by atoms with Crippen molar-refractivity contribution in [1.29, 1.82) is 5.41 Å². The first-order valence-electron chi connectivity index (χ1n) is 7.55. The molecule has 2 amide bonds. The van der Waals surface area contributed by atoms with Crippen LogP contribution in [0.25, 0.3) is 5.57 Å². The molecule has 0 unspecified atom stereocenters. The van der Waals surface area contributed by atoms with E-state index < -0.39 is 5.91 Å². The van der Waals surface area contributed by atoms with E-state index in [1.807, 2.05) is 20.8 Å². The molecule has 1 aromatic heterocycles. The topological polar surface area (TPSA) is 98.7 Å². The van der Waals surface area contributed by atoms with E-state index in [4.69, 9.17) is 5.41 Å². The van der Waals surface area contributed by atoms with Gasteiger partial charge in [-0.1, -0.05) is 20.3 Å². The van der Waals surface area contributed by atoms with Gasteiger partial charge in [0.2, 0.25) is 5.91 Å². The van der Waals surface area contributed by atoms with Crippen molar-refractivity contribution in [2.45, 2.75) is 40.0 Å². The Kier molecular flexibility index (Phi) is 4.90. The van der Waals surface area contributed by atoms with Gasteiger partial charge in [-0.2, -0.15) is 0 Å². The lowest BCUT2D eigenvalue weighted by Gasteiger charge is -2.23. The number of hydrogen-bond donors (Lipinski definition) is 3. The zero-order valence-electron chi connectivity index (χ0n) is 13.2. The third kappa shape index (κ3) is 3.69. The van der Waals surface area contributed by atoms with E-state index in [2.05, 4.69) is 15.3 Å². The summed E-state index contributed by atoms with van der Waals surface area (Å²) in [7, 11) is 0. The normalized spacial score (nSPS) is 15.5. The van der Waals surface area contributed by atoms with Crippen molar-refractivity contribution in [2.75, 3.05) is 0 Å². The molecule has 1 aliphatic rings. The minimum absolute atomic E-state index is 0.0356. The molecule has 0 radical (unpaired) electrons. The highest BCUT2D eigenvalue weighted by Gasteiger charge is 2.27. The van der Waals surface area contributed by atoms with Crippen molar-refractivity contribution in [3.05, 3.63) is 23.8 Å². The third-order valence-electron chi connectivity index (χ3n) is 3.92. The monoisotopic (exact) mass is 302 g/mol. The fourth-order valence-corrected chi connectivity index (χ4v) is 2.06. The Morgan fingerprint density at radius 1 is 1.45 bits per heavy atom. The quantitative estimate of drug-likeness (QED) is 0.575. The lowest BCUT2D eigenvalue weighted by atomic mass is 9.85. The van der Waals surface area contributed by atoms with Gasteiger partial charge >= 0.3 is 0 Å². The summed E-state index contributed by atoms with van der Waals surface area (Å²) in [5.74, 6) is -0.503. The van der Waals surface area contributed by atoms with E-state index in [1.54, 1.807) is 12.3 Å². The highest BCUT2D eigenvalue weighted by atomic mass is 16.2. The molecule has 0 bridgehead atoms. The van der Waals surface area contributed by atoms with Gasteiger partial charge in [-0.05, 0) is 37.3 Å². The average Bonchev–Trinajstić information content (AvgIpc) is 2.85. The van der Waals surface area contributed by atoms with Crippen molar-refractivity contribution in [1.82, 2.24) is 15.3 Å². The molecule has 0 saturated heterocycles. The van der Waals surface area contributed by atoms with E-state index in [0.29, 0.717) is 11.4 Å². The molecule has 1 fully saturated rings. The summed E-state index contributed by atoms with van der Waals surface area (Å²) < 4.78 is 0. The second-order valence-corrected chi connectivity index (χ2v) is 6.03. The van der Waals surface area contributed by atoms with E-state index in [-0.39, 0.29) is 23.6 Å². The second kappa shape index (κ2) is 6.68. The third-order valence-corrected chi connectivity index (χ3v) is 3.92. The fourth-order valence-electron chi connectivity index (χ4n) is 2.06. The maximum atomic E-state index is 12.0. The van der Waals surface area contributed by atoms with Gasteiger partial charge < -0.3 is 10.4 Å². The number of imidazole rings is 1. The molecule has 2 rings (SSSR count). The molecule has 0 aliphatic heterocycles. The van der Waals surface area contributed by atoms with Crippen molar-refractivity contribution < 1.29 is 9.59 Å². The van der Waals surface area contributed by atoms with Crippen molar-refractivity contribution in [3.8, 4) is 0 Å². The Balaban J connectivity index is 2.02. The van der Waals surface area contributed by atoms with Crippen LogP contribution in [0.3, 0.4) is 0 Å². The average molecular weight is 302 g/mol. The molecule has 1 saturated carbocycles. The Morgan fingerprint density at radius 2 is 2.14 bits per heavy atom. The molecule has 6 heteroatoms. The Labute approximate surface area is 129 Å². The minimum Gasteiger partial charge on any atom is -0.334 e. The lowest BCUT2D eigenvalue weighted by Crippen LogP contribution is -2.38. The summed E-state index contributed by atoms with van der Waals surface area (Å²) >= 11 is 0. The van der Waals surface area contributed by atoms with Crippen LogP contribution >= 0.6 is 0 Å². The number of carbonyl (C=O) groups excluding carboxylic acids is 2. The van der Waals surface area contributed by atoms with Gasteiger partial charge in [-0.25, -0.2) is 4.98 Å². The maximum Gasteiger partial charge on any atom is 0.293 e. The van der Waals surface area contributed by atoms with Crippen LogP contribution in [-0.4, -0.2) is 27.5 Å². The number of aromatic nitrogens is 2. The predicted octanol–water partition coefficient (Wildman–Crippen LogP) is 2.55. The molecule has 1 aliphatic carbocycles. The van der Waals surface area contributed by atoms with E-state index in [9.17, 15) is 9.59 Å². The van der Waals surface area contributed by atoms with Gasteiger partial charge in [0.25, 0.3) is 5.91 Å². The Bertz CT molecular complexity index is 624. The van der Waals surface area contributed by atoms with Crippen LogP contribution in [0.4, 0.5) is 0 Å². The number of rotatable bonds is 5. The van der Waals surface area contributed by atoms with Crippen LogP contribution in [-0.2, 0) is 4.79 Å². The standard InChI is InChI=1S/C16H22N4O2/c1-9(2)12(17)7-10(3)13-8-18-14(19-13)16(22)20-15(21)11-5-4-6-11/h7-9,11,17H,4-6H2,1-3H3,(H,18,19)(H,20,21,22)/b10-7-,17-12?. The molecule has 0 spiro atoms. The summed E-state index contributed by atoms with van der Waals surface area (Å²) in [5.41, 5.74) is 2.01. The van der Waals surface area contributed by atoms with E-state index in [1.165, 1.54) is 0 Å². The molecule has 3 N–H and O–H groups in total.